The molecule has 2 bridgehead atoms. The highest BCUT2D eigenvalue weighted by Crippen LogP contribution is 2.37. The van der Waals surface area contributed by atoms with Crippen molar-refractivity contribution in [1.29, 1.82) is 0 Å². The van der Waals surface area contributed by atoms with Gasteiger partial charge in [0, 0.05) is 83.1 Å². The van der Waals surface area contributed by atoms with Crippen LogP contribution in [0.15, 0.2) is 66.9 Å². The molecule has 2 saturated heterocycles. The number of rotatable bonds is 9. The molecule has 0 spiro atoms. The van der Waals surface area contributed by atoms with E-state index in [0.29, 0.717) is 28.7 Å². The van der Waals surface area contributed by atoms with Crippen molar-refractivity contribution in [3.63, 3.8) is 0 Å². The van der Waals surface area contributed by atoms with Gasteiger partial charge in [0.05, 0.1) is 0 Å². The summed E-state index contributed by atoms with van der Waals surface area (Å²) in [5.41, 5.74) is 10.9. The molecule has 11 heteroatoms. The van der Waals surface area contributed by atoms with Gasteiger partial charge in [-0.2, -0.15) is 0 Å². The number of ether oxygens (including phenoxy) is 1. The number of aryl methyl sites for hydroxylation is 1. The summed E-state index contributed by atoms with van der Waals surface area (Å²) in [6, 6.07) is 19.2. The van der Waals surface area contributed by atoms with Crippen LogP contribution in [0.25, 0.3) is 22.0 Å². The summed E-state index contributed by atoms with van der Waals surface area (Å²) < 4.78 is 44.3. The molecule has 0 saturated carbocycles. The predicted molar refractivity (Wildman–Crippen MR) is 169 cm³/mol. The summed E-state index contributed by atoms with van der Waals surface area (Å²) in [4.78, 5) is 5.09. The van der Waals surface area contributed by atoms with Crippen LogP contribution in [-0.2, 0) is 19.6 Å². The lowest BCUT2D eigenvalue weighted by Crippen LogP contribution is -2.52. The Morgan fingerprint density at radius 3 is 2.21 bits per heavy atom. The zero-order valence-electron chi connectivity index (χ0n) is 23.5. The molecule has 2 N–H and O–H groups in total. The Balaban J connectivity index is 0.00000368. The first-order chi connectivity index (χ1) is 20.2. The van der Waals surface area contributed by atoms with E-state index < -0.39 is 6.36 Å². The van der Waals surface area contributed by atoms with Gasteiger partial charge in [-0.15, -0.1) is 25.6 Å². The van der Waals surface area contributed by atoms with E-state index in [9.17, 15) is 13.2 Å². The minimum absolute atomic E-state index is 0. The lowest BCUT2D eigenvalue weighted by atomic mass is 10.0. The molecule has 2 aliphatic heterocycles. The number of halogens is 6. The van der Waals surface area contributed by atoms with Gasteiger partial charge in [0.15, 0.2) is 0 Å². The molecule has 2 fully saturated rings. The highest BCUT2D eigenvalue weighted by atomic mass is 35.5. The van der Waals surface area contributed by atoms with Gasteiger partial charge in [-0.05, 0) is 73.3 Å². The van der Waals surface area contributed by atoms with Crippen LogP contribution in [0.5, 0.6) is 5.75 Å². The van der Waals surface area contributed by atoms with Gasteiger partial charge < -0.3 is 15.0 Å². The normalized spacial score (nSPS) is 19.1. The van der Waals surface area contributed by atoms with Crippen LogP contribution >= 0.6 is 35.6 Å². The first-order valence-corrected chi connectivity index (χ1v) is 15.0. The summed E-state index contributed by atoms with van der Waals surface area (Å²) >= 11 is 13.0. The van der Waals surface area contributed by atoms with Crippen molar-refractivity contribution >= 4 is 46.5 Å². The second-order valence-electron chi connectivity index (χ2n) is 11.3. The Morgan fingerprint density at radius 2 is 1.58 bits per heavy atom. The predicted octanol–water partition coefficient (Wildman–Crippen LogP) is 8.13. The average Bonchev–Trinajstić information content (AvgIpc) is 3.41. The summed E-state index contributed by atoms with van der Waals surface area (Å²) in [6.07, 6.45) is 0.495. The third-order valence-corrected chi connectivity index (χ3v) is 9.17. The molecule has 2 unspecified atom stereocenters. The second-order valence-corrected chi connectivity index (χ2v) is 12.1. The van der Waals surface area contributed by atoms with Gasteiger partial charge in [-0.3, -0.25) is 9.80 Å². The molecule has 6 rings (SSSR count). The van der Waals surface area contributed by atoms with Gasteiger partial charge in [-0.1, -0.05) is 47.5 Å². The number of hydrogen-bond donors (Lipinski definition) is 1. The number of aromatic nitrogens is 1. The molecular formula is C32H34Cl3F3N4O. The van der Waals surface area contributed by atoms with Crippen LogP contribution in [0.1, 0.15) is 30.4 Å². The van der Waals surface area contributed by atoms with E-state index >= 15 is 0 Å². The maximum atomic E-state index is 12.7. The molecule has 5 nitrogen and oxygen atoms in total. The van der Waals surface area contributed by atoms with Crippen molar-refractivity contribution in [3.05, 3.63) is 88.0 Å². The molecule has 3 aromatic carbocycles. The number of nitrogens with two attached hydrogens (primary N) is 1. The quantitative estimate of drug-likeness (QED) is 0.198. The smallest absolute Gasteiger partial charge is 0.406 e. The van der Waals surface area contributed by atoms with Crippen molar-refractivity contribution in [2.24, 2.45) is 5.73 Å². The summed E-state index contributed by atoms with van der Waals surface area (Å²) in [5, 5.41) is 2.51. The third kappa shape index (κ3) is 7.11. The number of alkyl halides is 3. The topological polar surface area (TPSA) is 46.7 Å². The number of fused-ring (bicyclic) bond motifs is 3. The van der Waals surface area contributed by atoms with Gasteiger partial charge >= 0.3 is 6.36 Å². The van der Waals surface area contributed by atoms with Crippen LogP contribution in [0.4, 0.5) is 13.2 Å². The molecule has 2 aliphatic rings. The molecular weight excluding hydrogens is 620 g/mol. The molecule has 3 heterocycles. The van der Waals surface area contributed by atoms with E-state index in [1.54, 1.807) is 12.1 Å². The first kappa shape index (κ1) is 31.9. The largest absolute Gasteiger partial charge is 0.573 e. The number of likely N-dealkylation sites (tertiary alicyclic amines) is 1. The van der Waals surface area contributed by atoms with Gasteiger partial charge in [0.1, 0.15) is 5.75 Å². The van der Waals surface area contributed by atoms with Crippen LogP contribution < -0.4 is 10.5 Å². The van der Waals surface area contributed by atoms with Crippen molar-refractivity contribution in [2.75, 3.05) is 19.6 Å². The van der Waals surface area contributed by atoms with Crippen LogP contribution in [0, 0.1) is 0 Å². The van der Waals surface area contributed by atoms with Gasteiger partial charge in [-0.25, -0.2) is 0 Å². The minimum atomic E-state index is -4.72. The standard InChI is InChI=1S/C32H33Cl2F3N4O.ClH/c33-29-3-1-4-30(34)28(29)20-41-23-8-9-24(41)18-39(17-23)16-21-5-12-31-26(15-21)27(19-40(31)14-2-13-38)22-6-10-25(11-7-22)42-32(35,36)37;/h1,3-7,10-12,15,19,23-24H,2,8-9,13-14,16-18,20,38H2;1H. The lowest BCUT2D eigenvalue weighted by molar-refractivity contribution is -0.274. The van der Waals surface area contributed by atoms with Crippen LogP contribution in [0.2, 0.25) is 10.0 Å². The van der Waals surface area contributed by atoms with Gasteiger partial charge in [0.25, 0.3) is 0 Å². The zero-order valence-corrected chi connectivity index (χ0v) is 25.8. The average molecular weight is 654 g/mol. The molecule has 0 radical (unpaired) electrons. The highest BCUT2D eigenvalue weighted by Gasteiger charge is 2.40. The number of benzene rings is 3. The highest BCUT2D eigenvalue weighted by molar-refractivity contribution is 6.36. The molecule has 2 atom stereocenters. The number of hydrogen-bond acceptors (Lipinski definition) is 4. The van der Waals surface area contributed by atoms with Gasteiger partial charge in [0.2, 0.25) is 0 Å². The number of nitrogens with zero attached hydrogens (tertiary/aromatic N) is 3. The molecule has 0 amide bonds. The van der Waals surface area contributed by atoms with Crippen molar-refractivity contribution in [2.45, 2.75) is 57.3 Å². The fourth-order valence-electron chi connectivity index (χ4n) is 6.54. The Hall–Kier alpha value is -2.46. The van der Waals surface area contributed by atoms with E-state index in [4.69, 9.17) is 28.9 Å². The first-order valence-electron chi connectivity index (χ1n) is 14.3. The minimum Gasteiger partial charge on any atom is -0.406 e. The monoisotopic (exact) mass is 652 g/mol. The van der Waals surface area contributed by atoms with Crippen LogP contribution in [0.3, 0.4) is 0 Å². The number of piperazine rings is 1. The molecule has 0 aliphatic carbocycles. The maximum Gasteiger partial charge on any atom is 0.573 e. The fourth-order valence-corrected chi connectivity index (χ4v) is 7.06. The van der Waals surface area contributed by atoms with E-state index in [1.807, 2.05) is 18.2 Å². The van der Waals surface area contributed by atoms with Crippen LogP contribution in [-0.4, -0.2) is 52.4 Å². The Bertz CT molecular complexity index is 1530. The Morgan fingerprint density at radius 1 is 0.907 bits per heavy atom. The zero-order chi connectivity index (χ0) is 29.4. The Kier molecular flexibility index (Phi) is 9.86. The third-order valence-electron chi connectivity index (χ3n) is 8.47. The second kappa shape index (κ2) is 13.3. The van der Waals surface area contributed by atoms with Crippen molar-refractivity contribution in [3.8, 4) is 16.9 Å². The Labute approximate surface area is 265 Å². The summed E-state index contributed by atoms with van der Waals surface area (Å²) in [7, 11) is 0. The molecule has 43 heavy (non-hydrogen) atoms. The summed E-state index contributed by atoms with van der Waals surface area (Å²) in [6.45, 7) is 4.88. The van der Waals surface area contributed by atoms with E-state index in [2.05, 4.69) is 43.5 Å². The SMILES string of the molecule is Cl.NCCCn1cc(-c2ccc(OC(F)(F)F)cc2)c2cc(CN3CC4CCC(C3)N4Cc3c(Cl)cccc3Cl)ccc21. The van der Waals surface area contributed by atoms with Crippen molar-refractivity contribution < 1.29 is 17.9 Å². The molecule has 4 aromatic rings. The van der Waals surface area contributed by atoms with E-state index in [0.717, 1.165) is 79.6 Å². The van der Waals surface area contributed by atoms with E-state index in [1.165, 1.54) is 17.7 Å². The lowest BCUT2D eigenvalue weighted by Gasteiger charge is -2.41. The summed E-state index contributed by atoms with van der Waals surface area (Å²) in [5.74, 6) is -0.232. The maximum absolute atomic E-state index is 12.7. The fraction of sp³-hybridized carbons (Fsp3) is 0.375. The molecule has 1 aromatic heterocycles. The van der Waals surface area contributed by atoms with Crippen molar-refractivity contribution in [1.82, 2.24) is 14.4 Å². The molecule has 230 valence electrons. The van der Waals surface area contributed by atoms with E-state index in [-0.39, 0.29) is 18.2 Å².